The van der Waals surface area contributed by atoms with Gasteiger partial charge in [0.15, 0.2) is 0 Å². The van der Waals surface area contributed by atoms with E-state index in [1.165, 1.54) is 77.0 Å². The molecule has 0 amide bonds. The van der Waals surface area contributed by atoms with Crippen molar-refractivity contribution in [2.24, 2.45) is 0 Å². The highest BCUT2D eigenvalue weighted by molar-refractivity contribution is 5.66. The second-order valence-electron chi connectivity index (χ2n) is 7.32. The van der Waals surface area contributed by atoms with Crippen molar-refractivity contribution in [3.63, 3.8) is 0 Å². The molecule has 3 heteroatoms. The summed E-state index contributed by atoms with van der Waals surface area (Å²) in [6.45, 7) is 2.24. The highest BCUT2D eigenvalue weighted by Crippen LogP contribution is 2.15. The van der Waals surface area contributed by atoms with E-state index in [-0.39, 0.29) is 6.10 Å². The maximum absolute atomic E-state index is 10.4. The van der Waals surface area contributed by atoms with E-state index in [9.17, 15) is 9.90 Å². The lowest BCUT2D eigenvalue weighted by atomic mass is 10.0. The predicted molar refractivity (Wildman–Crippen MR) is 102 cm³/mol. The molecular formula is C21H42O3. The lowest BCUT2D eigenvalue weighted by molar-refractivity contribution is -0.137. The van der Waals surface area contributed by atoms with Gasteiger partial charge < -0.3 is 10.2 Å². The number of hydrogen-bond acceptors (Lipinski definition) is 2. The van der Waals surface area contributed by atoms with Crippen molar-refractivity contribution < 1.29 is 15.0 Å². The minimum atomic E-state index is -0.673. The molecule has 2 N–H and O–H groups in total. The molecular weight excluding hydrogens is 300 g/mol. The van der Waals surface area contributed by atoms with Crippen molar-refractivity contribution in [1.82, 2.24) is 0 Å². The van der Waals surface area contributed by atoms with Crippen molar-refractivity contribution in [3.8, 4) is 0 Å². The second-order valence-corrected chi connectivity index (χ2v) is 7.32. The topological polar surface area (TPSA) is 57.5 Å². The summed E-state index contributed by atoms with van der Waals surface area (Å²) < 4.78 is 0. The van der Waals surface area contributed by atoms with Crippen LogP contribution in [-0.2, 0) is 4.79 Å². The first-order valence-corrected chi connectivity index (χ1v) is 10.6. The van der Waals surface area contributed by atoms with E-state index in [1.807, 2.05) is 0 Å². The first-order chi connectivity index (χ1) is 11.7. The van der Waals surface area contributed by atoms with Gasteiger partial charge >= 0.3 is 5.97 Å². The molecule has 0 radical (unpaired) electrons. The number of carboxylic acids is 1. The summed E-state index contributed by atoms with van der Waals surface area (Å²) in [4.78, 5) is 10.4. The summed E-state index contributed by atoms with van der Waals surface area (Å²) in [6, 6.07) is 0. The van der Waals surface area contributed by atoms with Gasteiger partial charge in [0.05, 0.1) is 6.10 Å². The average molecular weight is 343 g/mol. The van der Waals surface area contributed by atoms with Gasteiger partial charge in [0.25, 0.3) is 0 Å². The fourth-order valence-electron chi connectivity index (χ4n) is 3.20. The Morgan fingerprint density at radius 2 is 1.04 bits per heavy atom. The Labute approximate surface area is 150 Å². The lowest BCUT2D eigenvalue weighted by Crippen LogP contribution is -2.05. The van der Waals surface area contributed by atoms with Crippen LogP contribution in [0, 0.1) is 0 Å². The average Bonchev–Trinajstić information content (AvgIpc) is 2.55. The van der Waals surface area contributed by atoms with Crippen molar-refractivity contribution in [2.45, 2.75) is 129 Å². The third kappa shape index (κ3) is 19.5. The van der Waals surface area contributed by atoms with Gasteiger partial charge in [-0.15, -0.1) is 0 Å². The highest BCUT2D eigenvalue weighted by atomic mass is 16.4. The zero-order chi connectivity index (χ0) is 17.9. The lowest BCUT2D eigenvalue weighted by Gasteiger charge is -2.10. The molecule has 24 heavy (non-hydrogen) atoms. The smallest absolute Gasteiger partial charge is 0.303 e. The zero-order valence-electron chi connectivity index (χ0n) is 16.1. The Kier molecular flexibility index (Phi) is 18.3. The van der Waals surface area contributed by atoms with Crippen LogP contribution in [0.3, 0.4) is 0 Å². The molecule has 0 spiro atoms. The Balaban J connectivity index is 3.13. The van der Waals surface area contributed by atoms with Crippen LogP contribution in [0.4, 0.5) is 0 Å². The fraction of sp³-hybridized carbons (Fsp3) is 0.952. The number of aliphatic hydroxyl groups is 1. The maximum atomic E-state index is 10.4. The molecule has 0 rings (SSSR count). The van der Waals surface area contributed by atoms with E-state index >= 15 is 0 Å². The van der Waals surface area contributed by atoms with Crippen LogP contribution in [0.1, 0.15) is 122 Å². The van der Waals surface area contributed by atoms with Crippen LogP contribution >= 0.6 is 0 Å². The third-order valence-electron chi connectivity index (χ3n) is 4.82. The zero-order valence-corrected chi connectivity index (χ0v) is 16.1. The minimum Gasteiger partial charge on any atom is -0.481 e. The first-order valence-electron chi connectivity index (χ1n) is 10.6. The summed E-state index contributed by atoms with van der Waals surface area (Å²) in [5.74, 6) is -0.673. The summed E-state index contributed by atoms with van der Waals surface area (Å²) in [5, 5.41) is 18.5. The van der Waals surface area contributed by atoms with Crippen LogP contribution in [0.25, 0.3) is 0 Å². The van der Waals surface area contributed by atoms with Gasteiger partial charge in [-0.2, -0.15) is 0 Å². The Morgan fingerprint density at radius 3 is 1.46 bits per heavy atom. The molecule has 144 valence electrons. The van der Waals surface area contributed by atoms with E-state index in [2.05, 4.69) is 6.92 Å². The number of carboxylic acid groups (broad SMARTS) is 1. The molecule has 0 saturated heterocycles. The number of carbonyl (C=O) groups is 1. The molecule has 0 aromatic rings. The highest BCUT2D eigenvalue weighted by Gasteiger charge is 2.03. The number of rotatable bonds is 19. The Hall–Kier alpha value is -0.570. The summed E-state index contributed by atoms with van der Waals surface area (Å²) in [6.07, 6.45) is 20.5. The van der Waals surface area contributed by atoms with Gasteiger partial charge in [-0.3, -0.25) is 4.79 Å². The fourth-order valence-corrected chi connectivity index (χ4v) is 3.20. The summed E-state index contributed by atoms with van der Waals surface area (Å²) >= 11 is 0. The van der Waals surface area contributed by atoms with Gasteiger partial charge in [0.1, 0.15) is 0 Å². The molecule has 0 bridgehead atoms. The van der Waals surface area contributed by atoms with E-state index in [0.717, 1.165) is 32.1 Å². The molecule has 0 aliphatic heterocycles. The quantitative estimate of drug-likeness (QED) is 0.264. The van der Waals surface area contributed by atoms with Gasteiger partial charge in [-0.05, 0) is 19.3 Å². The van der Waals surface area contributed by atoms with E-state index in [0.29, 0.717) is 6.42 Å². The number of aliphatic hydroxyl groups excluding tert-OH is 1. The maximum Gasteiger partial charge on any atom is 0.303 e. The first kappa shape index (κ1) is 23.4. The summed E-state index contributed by atoms with van der Waals surface area (Å²) in [5.41, 5.74) is 0. The molecule has 0 aromatic carbocycles. The van der Waals surface area contributed by atoms with E-state index < -0.39 is 5.97 Å². The summed E-state index contributed by atoms with van der Waals surface area (Å²) in [7, 11) is 0. The van der Waals surface area contributed by atoms with Crippen LogP contribution in [-0.4, -0.2) is 22.3 Å². The molecule has 0 saturated carbocycles. The molecule has 0 aromatic heterocycles. The van der Waals surface area contributed by atoms with Gasteiger partial charge in [0.2, 0.25) is 0 Å². The molecule has 1 atom stereocenters. The van der Waals surface area contributed by atoms with E-state index in [4.69, 9.17) is 5.11 Å². The van der Waals surface area contributed by atoms with Crippen molar-refractivity contribution in [1.29, 1.82) is 0 Å². The van der Waals surface area contributed by atoms with Crippen LogP contribution < -0.4 is 0 Å². The van der Waals surface area contributed by atoms with Crippen molar-refractivity contribution in [2.75, 3.05) is 0 Å². The van der Waals surface area contributed by atoms with Crippen LogP contribution in [0.5, 0.6) is 0 Å². The molecule has 0 aliphatic carbocycles. The third-order valence-corrected chi connectivity index (χ3v) is 4.82. The Bertz CT molecular complexity index is 266. The molecule has 0 fully saturated rings. The minimum absolute atomic E-state index is 0.0783. The largest absolute Gasteiger partial charge is 0.481 e. The van der Waals surface area contributed by atoms with Crippen LogP contribution in [0.15, 0.2) is 0 Å². The molecule has 0 aliphatic rings. The monoisotopic (exact) mass is 342 g/mol. The standard InChI is InChI=1S/C21H42O3/c1-2-3-4-5-11-14-17-20(22)18-15-12-9-7-6-8-10-13-16-19-21(23)24/h20,22H,2-19H2,1H3,(H,23,24). The van der Waals surface area contributed by atoms with Gasteiger partial charge in [0, 0.05) is 6.42 Å². The number of aliphatic carboxylic acids is 1. The van der Waals surface area contributed by atoms with Crippen molar-refractivity contribution >= 4 is 5.97 Å². The van der Waals surface area contributed by atoms with Crippen molar-refractivity contribution in [3.05, 3.63) is 0 Å². The van der Waals surface area contributed by atoms with Gasteiger partial charge in [-0.1, -0.05) is 96.8 Å². The van der Waals surface area contributed by atoms with Crippen LogP contribution in [0.2, 0.25) is 0 Å². The molecule has 3 nitrogen and oxygen atoms in total. The SMILES string of the molecule is CCCCCCCCC(O)CCCCCCCCCCCC(=O)O. The molecule has 0 heterocycles. The molecule has 1 unspecified atom stereocenters. The predicted octanol–water partition coefficient (Wildman–Crippen LogP) is 6.47. The van der Waals surface area contributed by atoms with E-state index in [1.54, 1.807) is 0 Å². The second kappa shape index (κ2) is 18.8. The van der Waals surface area contributed by atoms with Gasteiger partial charge in [-0.25, -0.2) is 0 Å². The normalized spacial score (nSPS) is 12.4. The number of unbranched alkanes of at least 4 members (excludes halogenated alkanes) is 13. The Morgan fingerprint density at radius 1 is 0.667 bits per heavy atom. The number of hydrogen-bond donors (Lipinski definition) is 2.